The van der Waals surface area contributed by atoms with E-state index in [0.717, 1.165) is 29.7 Å². The van der Waals surface area contributed by atoms with Gasteiger partial charge >= 0.3 is 11.9 Å². The summed E-state index contributed by atoms with van der Waals surface area (Å²) < 4.78 is 20.4. The lowest BCUT2D eigenvalue weighted by molar-refractivity contribution is -0.142. The standard InChI is InChI=1S/C24H27NO7S/c1-14-5-9-17-19(11-14)33-23(22(17)24(28)31-4)25-20(26)13-32-21(27)10-7-15-6-8-16(29-2)12-18(15)30-3/h6-8,10,12,14H,5,9,11,13H2,1-4H3,(H,25,26). The van der Waals surface area contributed by atoms with Gasteiger partial charge in [0.25, 0.3) is 5.91 Å². The van der Waals surface area contributed by atoms with Gasteiger partial charge in [0.2, 0.25) is 0 Å². The van der Waals surface area contributed by atoms with Crippen LogP contribution in [0.3, 0.4) is 0 Å². The molecule has 33 heavy (non-hydrogen) atoms. The quantitative estimate of drug-likeness (QED) is 0.459. The Bertz CT molecular complexity index is 1070. The zero-order chi connectivity index (χ0) is 24.0. The molecule has 1 amide bonds. The van der Waals surface area contributed by atoms with Gasteiger partial charge in [0.05, 0.1) is 26.9 Å². The van der Waals surface area contributed by atoms with Crippen molar-refractivity contribution in [2.45, 2.75) is 26.2 Å². The first-order chi connectivity index (χ1) is 15.9. The molecule has 1 N–H and O–H groups in total. The summed E-state index contributed by atoms with van der Waals surface area (Å²) in [4.78, 5) is 37.9. The van der Waals surface area contributed by atoms with Gasteiger partial charge in [-0.05, 0) is 49.0 Å². The van der Waals surface area contributed by atoms with E-state index in [4.69, 9.17) is 18.9 Å². The maximum absolute atomic E-state index is 12.4. The number of nitrogens with one attached hydrogen (secondary N) is 1. The van der Waals surface area contributed by atoms with Gasteiger partial charge in [-0.3, -0.25) is 4.79 Å². The van der Waals surface area contributed by atoms with Crippen LogP contribution in [0.4, 0.5) is 5.00 Å². The van der Waals surface area contributed by atoms with E-state index in [1.54, 1.807) is 25.3 Å². The normalized spacial score (nSPS) is 15.0. The number of esters is 2. The van der Waals surface area contributed by atoms with Crippen molar-refractivity contribution in [3.63, 3.8) is 0 Å². The smallest absolute Gasteiger partial charge is 0.341 e. The molecule has 1 aliphatic rings. The van der Waals surface area contributed by atoms with Gasteiger partial charge in [0.1, 0.15) is 16.5 Å². The van der Waals surface area contributed by atoms with Crippen molar-refractivity contribution < 1.29 is 33.3 Å². The zero-order valence-corrected chi connectivity index (χ0v) is 19.9. The third-order valence-electron chi connectivity index (χ3n) is 5.34. The van der Waals surface area contributed by atoms with Crippen LogP contribution in [0, 0.1) is 5.92 Å². The summed E-state index contributed by atoms with van der Waals surface area (Å²) in [5.74, 6) is -0.0270. The maximum atomic E-state index is 12.4. The van der Waals surface area contributed by atoms with Gasteiger partial charge in [-0.1, -0.05) is 6.92 Å². The lowest BCUT2D eigenvalue weighted by Gasteiger charge is -2.18. The van der Waals surface area contributed by atoms with Gasteiger partial charge in [-0.15, -0.1) is 11.3 Å². The highest BCUT2D eigenvalue weighted by atomic mass is 32.1. The lowest BCUT2D eigenvalue weighted by atomic mass is 9.88. The number of fused-ring (bicyclic) bond motifs is 1. The molecular formula is C24H27NO7S. The first kappa shape index (κ1) is 24.3. The van der Waals surface area contributed by atoms with Gasteiger partial charge in [-0.25, -0.2) is 9.59 Å². The highest BCUT2D eigenvalue weighted by molar-refractivity contribution is 7.17. The minimum atomic E-state index is -0.685. The van der Waals surface area contributed by atoms with Crippen LogP contribution in [-0.2, 0) is 31.9 Å². The molecule has 1 aromatic carbocycles. The van der Waals surface area contributed by atoms with Crippen molar-refractivity contribution in [2.24, 2.45) is 5.92 Å². The molecule has 1 heterocycles. The summed E-state index contributed by atoms with van der Waals surface area (Å²) in [5.41, 5.74) is 1.99. The molecule has 0 saturated heterocycles. The number of thiophene rings is 1. The molecule has 1 atom stereocenters. The molecule has 0 radical (unpaired) electrons. The summed E-state index contributed by atoms with van der Waals surface area (Å²) in [6.45, 7) is 1.68. The Hall–Kier alpha value is -3.33. The number of hydrogen-bond donors (Lipinski definition) is 1. The Balaban J connectivity index is 1.62. The topological polar surface area (TPSA) is 100 Å². The Morgan fingerprint density at radius 2 is 1.97 bits per heavy atom. The highest BCUT2D eigenvalue weighted by Crippen LogP contribution is 2.40. The molecule has 0 aliphatic heterocycles. The van der Waals surface area contributed by atoms with Crippen molar-refractivity contribution in [3.8, 4) is 11.5 Å². The molecular weight excluding hydrogens is 446 g/mol. The number of carbonyl (C=O) groups is 3. The first-order valence-corrected chi connectivity index (χ1v) is 11.3. The number of ether oxygens (including phenoxy) is 4. The van der Waals surface area contributed by atoms with Crippen LogP contribution in [0.1, 0.15) is 39.7 Å². The first-order valence-electron chi connectivity index (χ1n) is 10.5. The third-order valence-corrected chi connectivity index (χ3v) is 6.51. The predicted molar refractivity (Wildman–Crippen MR) is 125 cm³/mol. The van der Waals surface area contributed by atoms with Crippen LogP contribution in [-0.4, -0.2) is 45.8 Å². The predicted octanol–water partition coefficient (Wildman–Crippen LogP) is 3.87. The Labute approximate surface area is 196 Å². The number of carbonyl (C=O) groups excluding carboxylic acids is 3. The molecule has 0 saturated carbocycles. The van der Waals surface area contributed by atoms with E-state index in [1.807, 2.05) is 0 Å². The summed E-state index contributed by atoms with van der Waals surface area (Å²) in [7, 11) is 4.38. The minimum Gasteiger partial charge on any atom is -0.497 e. The number of benzene rings is 1. The van der Waals surface area contributed by atoms with Crippen LogP contribution in [0.25, 0.3) is 6.08 Å². The van der Waals surface area contributed by atoms with E-state index >= 15 is 0 Å². The van der Waals surface area contributed by atoms with E-state index in [-0.39, 0.29) is 0 Å². The maximum Gasteiger partial charge on any atom is 0.341 e. The third kappa shape index (κ3) is 5.92. The number of anilines is 1. The van der Waals surface area contributed by atoms with Crippen LogP contribution < -0.4 is 14.8 Å². The van der Waals surface area contributed by atoms with Crippen molar-refractivity contribution >= 4 is 40.3 Å². The summed E-state index contributed by atoms with van der Waals surface area (Å²) in [6, 6.07) is 5.17. The van der Waals surface area contributed by atoms with Crippen LogP contribution in [0.2, 0.25) is 0 Å². The molecule has 176 valence electrons. The monoisotopic (exact) mass is 473 g/mol. The number of hydrogen-bond acceptors (Lipinski definition) is 8. The minimum absolute atomic E-state index is 0.399. The molecule has 1 aromatic heterocycles. The SMILES string of the molecule is COC(=O)c1c(NC(=O)COC(=O)C=Cc2ccc(OC)cc2OC)sc2c1CCC(C)C2. The molecule has 0 fully saturated rings. The molecule has 3 rings (SSSR count). The second-order valence-electron chi connectivity index (χ2n) is 7.64. The van der Waals surface area contributed by atoms with Gasteiger partial charge in [0, 0.05) is 22.6 Å². The van der Waals surface area contributed by atoms with Crippen molar-refractivity contribution in [1.29, 1.82) is 0 Å². The van der Waals surface area contributed by atoms with E-state index < -0.39 is 24.5 Å². The Kier molecular flexibility index (Phi) is 8.11. The van der Waals surface area contributed by atoms with Crippen LogP contribution >= 0.6 is 11.3 Å². The van der Waals surface area contributed by atoms with Gasteiger partial charge in [-0.2, -0.15) is 0 Å². The van der Waals surface area contributed by atoms with E-state index in [1.165, 1.54) is 37.7 Å². The fourth-order valence-corrected chi connectivity index (χ4v) is 5.03. The fourth-order valence-electron chi connectivity index (χ4n) is 3.62. The Morgan fingerprint density at radius 3 is 2.67 bits per heavy atom. The second kappa shape index (κ2) is 11.0. The van der Waals surface area contributed by atoms with E-state index in [0.29, 0.717) is 33.5 Å². The van der Waals surface area contributed by atoms with Crippen LogP contribution in [0.5, 0.6) is 11.5 Å². The molecule has 0 bridgehead atoms. The van der Waals surface area contributed by atoms with Crippen LogP contribution in [0.15, 0.2) is 24.3 Å². The molecule has 1 unspecified atom stereocenters. The zero-order valence-electron chi connectivity index (χ0n) is 19.1. The summed E-state index contributed by atoms with van der Waals surface area (Å²) >= 11 is 1.38. The number of amides is 1. The number of methoxy groups -OCH3 is 3. The van der Waals surface area contributed by atoms with Crippen molar-refractivity contribution in [2.75, 3.05) is 33.3 Å². The van der Waals surface area contributed by atoms with Gasteiger partial charge < -0.3 is 24.3 Å². The second-order valence-corrected chi connectivity index (χ2v) is 8.75. The fraction of sp³-hybridized carbons (Fsp3) is 0.375. The molecule has 9 heteroatoms. The average molecular weight is 474 g/mol. The lowest BCUT2D eigenvalue weighted by Crippen LogP contribution is -2.21. The van der Waals surface area contributed by atoms with E-state index in [9.17, 15) is 14.4 Å². The highest BCUT2D eigenvalue weighted by Gasteiger charge is 2.29. The largest absolute Gasteiger partial charge is 0.497 e. The molecule has 1 aliphatic carbocycles. The molecule has 0 spiro atoms. The number of rotatable bonds is 8. The van der Waals surface area contributed by atoms with Gasteiger partial charge in [0.15, 0.2) is 6.61 Å². The summed E-state index contributed by atoms with van der Waals surface area (Å²) in [5, 5.41) is 3.13. The van der Waals surface area contributed by atoms with Crippen molar-refractivity contribution in [1.82, 2.24) is 0 Å². The summed E-state index contributed by atoms with van der Waals surface area (Å²) in [6.07, 6.45) is 5.34. The molecule has 8 nitrogen and oxygen atoms in total. The Morgan fingerprint density at radius 1 is 1.18 bits per heavy atom. The molecule has 2 aromatic rings. The van der Waals surface area contributed by atoms with E-state index in [2.05, 4.69) is 12.2 Å². The average Bonchev–Trinajstić information content (AvgIpc) is 3.17. The van der Waals surface area contributed by atoms with Crippen molar-refractivity contribution in [3.05, 3.63) is 45.8 Å².